The Morgan fingerprint density at radius 2 is 2.33 bits per heavy atom. The molecule has 0 unspecified atom stereocenters. The Morgan fingerprint density at radius 1 is 1.44 bits per heavy atom. The lowest BCUT2D eigenvalue weighted by Crippen LogP contribution is -2.22. The zero-order valence-corrected chi connectivity index (χ0v) is 7.15. The molecule has 0 saturated carbocycles. The Hall–Kier alpha value is 0.177. The minimum atomic E-state index is -0.299. The van der Waals surface area contributed by atoms with E-state index >= 15 is 0 Å². The molecular formula is C7H15OSi. The second-order valence-electron chi connectivity index (χ2n) is 2.59. The van der Waals surface area contributed by atoms with Crippen molar-refractivity contribution in [1.29, 1.82) is 0 Å². The van der Waals surface area contributed by atoms with Gasteiger partial charge in [-0.15, -0.1) is 0 Å². The first-order chi connectivity index (χ1) is 4.43. The van der Waals surface area contributed by atoms with E-state index in [1.54, 1.807) is 0 Å². The van der Waals surface area contributed by atoms with Gasteiger partial charge in [-0.25, -0.2) is 0 Å². The molecule has 0 spiro atoms. The van der Waals surface area contributed by atoms with Gasteiger partial charge in [0.1, 0.15) is 0 Å². The lowest BCUT2D eigenvalue weighted by Gasteiger charge is -2.19. The second kappa shape index (κ2) is 4.07. The standard InChI is InChI=1S/C7H15OSi/c1-2-6-9-7-4-3-5-8-9/h2-7H2,1H3. The van der Waals surface area contributed by atoms with Gasteiger partial charge in [0.05, 0.1) is 0 Å². The SMILES string of the molecule is CCC[Si]1CCCCO1. The Balaban J connectivity index is 2.08. The molecule has 1 fully saturated rings. The first-order valence-corrected chi connectivity index (χ1v) is 5.73. The van der Waals surface area contributed by atoms with Crippen molar-refractivity contribution in [1.82, 2.24) is 0 Å². The summed E-state index contributed by atoms with van der Waals surface area (Å²) < 4.78 is 5.62. The van der Waals surface area contributed by atoms with Crippen molar-refractivity contribution in [2.24, 2.45) is 0 Å². The second-order valence-corrected chi connectivity index (χ2v) is 4.96. The highest BCUT2D eigenvalue weighted by atomic mass is 28.3. The Labute approximate surface area is 59.1 Å². The van der Waals surface area contributed by atoms with Crippen molar-refractivity contribution in [2.45, 2.75) is 38.3 Å². The van der Waals surface area contributed by atoms with E-state index in [1.165, 1.54) is 31.4 Å². The molecule has 0 bridgehead atoms. The average Bonchev–Trinajstić information content (AvgIpc) is 1.91. The van der Waals surface area contributed by atoms with Gasteiger partial charge in [-0.3, -0.25) is 0 Å². The minimum Gasteiger partial charge on any atom is -0.417 e. The maximum Gasteiger partial charge on any atom is 0.211 e. The summed E-state index contributed by atoms with van der Waals surface area (Å²) in [6.45, 7) is 3.30. The smallest absolute Gasteiger partial charge is 0.211 e. The summed E-state index contributed by atoms with van der Waals surface area (Å²) in [7, 11) is -0.299. The lowest BCUT2D eigenvalue weighted by molar-refractivity contribution is 0.286. The van der Waals surface area contributed by atoms with Crippen LogP contribution in [0.15, 0.2) is 0 Å². The van der Waals surface area contributed by atoms with E-state index in [9.17, 15) is 0 Å². The number of hydrogen-bond donors (Lipinski definition) is 0. The highest BCUT2D eigenvalue weighted by Gasteiger charge is 2.14. The van der Waals surface area contributed by atoms with Gasteiger partial charge in [-0.2, -0.15) is 0 Å². The van der Waals surface area contributed by atoms with Gasteiger partial charge in [0, 0.05) is 6.61 Å². The van der Waals surface area contributed by atoms with Crippen LogP contribution >= 0.6 is 0 Å². The summed E-state index contributed by atoms with van der Waals surface area (Å²) in [6.07, 6.45) is 4.04. The van der Waals surface area contributed by atoms with Crippen LogP contribution in [0.25, 0.3) is 0 Å². The van der Waals surface area contributed by atoms with Crippen molar-refractivity contribution < 1.29 is 4.43 Å². The van der Waals surface area contributed by atoms with Crippen LogP contribution in [0.5, 0.6) is 0 Å². The molecule has 1 saturated heterocycles. The third kappa shape index (κ3) is 2.50. The molecule has 53 valence electrons. The molecule has 1 aliphatic heterocycles. The third-order valence-electron chi connectivity index (χ3n) is 1.68. The van der Waals surface area contributed by atoms with Crippen molar-refractivity contribution in [3.63, 3.8) is 0 Å². The summed E-state index contributed by atoms with van der Waals surface area (Å²) in [4.78, 5) is 0. The summed E-state index contributed by atoms with van der Waals surface area (Å²) in [6, 6.07) is 2.77. The van der Waals surface area contributed by atoms with Crippen LogP contribution in [-0.4, -0.2) is 15.6 Å². The summed E-state index contributed by atoms with van der Waals surface area (Å²) in [5, 5.41) is 0. The largest absolute Gasteiger partial charge is 0.417 e. The topological polar surface area (TPSA) is 9.23 Å². The maximum atomic E-state index is 5.62. The van der Waals surface area contributed by atoms with Gasteiger partial charge in [-0.1, -0.05) is 19.8 Å². The van der Waals surface area contributed by atoms with Gasteiger partial charge in [0.2, 0.25) is 9.04 Å². The fourth-order valence-electron chi connectivity index (χ4n) is 1.19. The molecular weight excluding hydrogens is 128 g/mol. The van der Waals surface area contributed by atoms with Crippen molar-refractivity contribution >= 4 is 9.04 Å². The van der Waals surface area contributed by atoms with E-state index < -0.39 is 0 Å². The Morgan fingerprint density at radius 3 is 2.89 bits per heavy atom. The molecule has 0 aromatic heterocycles. The summed E-state index contributed by atoms with van der Waals surface area (Å²) in [5.41, 5.74) is 0. The van der Waals surface area contributed by atoms with Crippen LogP contribution in [-0.2, 0) is 4.43 Å². The van der Waals surface area contributed by atoms with E-state index in [0.717, 1.165) is 6.61 Å². The van der Waals surface area contributed by atoms with E-state index in [-0.39, 0.29) is 9.04 Å². The predicted molar refractivity (Wildman–Crippen MR) is 40.8 cm³/mol. The Bertz CT molecular complexity index is 66.6. The first kappa shape index (κ1) is 7.29. The fourth-order valence-corrected chi connectivity index (χ4v) is 3.36. The molecule has 1 heterocycles. The maximum absolute atomic E-state index is 5.62. The molecule has 0 atom stereocenters. The average molecular weight is 143 g/mol. The van der Waals surface area contributed by atoms with E-state index in [0.29, 0.717) is 0 Å². The van der Waals surface area contributed by atoms with Crippen LogP contribution in [0.4, 0.5) is 0 Å². The molecule has 0 N–H and O–H groups in total. The summed E-state index contributed by atoms with van der Waals surface area (Å²) >= 11 is 0. The highest BCUT2D eigenvalue weighted by Crippen LogP contribution is 2.14. The molecule has 1 rings (SSSR count). The van der Waals surface area contributed by atoms with E-state index in [2.05, 4.69) is 6.92 Å². The van der Waals surface area contributed by atoms with Crippen LogP contribution < -0.4 is 0 Å². The Kier molecular flexibility index (Phi) is 3.29. The van der Waals surface area contributed by atoms with Crippen molar-refractivity contribution in [3.05, 3.63) is 0 Å². The van der Waals surface area contributed by atoms with E-state index in [4.69, 9.17) is 4.43 Å². The van der Waals surface area contributed by atoms with Crippen molar-refractivity contribution in [2.75, 3.05) is 6.61 Å². The normalized spacial score (nSPS) is 22.3. The van der Waals surface area contributed by atoms with Crippen LogP contribution in [0.1, 0.15) is 26.2 Å². The predicted octanol–water partition coefficient (Wildman–Crippen LogP) is 2.20. The molecule has 0 aromatic carbocycles. The zero-order chi connectivity index (χ0) is 6.53. The molecule has 1 radical (unpaired) electrons. The van der Waals surface area contributed by atoms with Crippen molar-refractivity contribution in [3.8, 4) is 0 Å². The zero-order valence-electron chi connectivity index (χ0n) is 6.15. The molecule has 0 aromatic rings. The molecule has 2 heteroatoms. The van der Waals surface area contributed by atoms with Crippen LogP contribution in [0.2, 0.25) is 12.1 Å². The number of hydrogen-bond acceptors (Lipinski definition) is 1. The minimum absolute atomic E-state index is 0.299. The molecule has 9 heavy (non-hydrogen) atoms. The molecule has 0 aliphatic carbocycles. The number of rotatable bonds is 2. The quantitative estimate of drug-likeness (QED) is 0.538. The molecule has 0 amide bonds. The van der Waals surface area contributed by atoms with Gasteiger partial charge in [-0.05, 0) is 18.5 Å². The van der Waals surface area contributed by atoms with E-state index in [1.807, 2.05) is 0 Å². The van der Waals surface area contributed by atoms with Crippen LogP contribution in [0, 0.1) is 0 Å². The van der Waals surface area contributed by atoms with Crippen LogP contribution in [0.3, 0.4) is 0 Å². The fraction of sp³-hybridized carbons (Fsp3) is 1.00. The molecule has 1 aliphatic rings. The van der Waals surface area contributed by atoms with Gasteiger partial charge < -0.3 is 4.43 Å². The lowest BCUT2D eigenvalue weighted by atomic mass is 10.4. The third-order valence-corrected chi connectivity index (χ3v) is 4.27. The first-order valence-electron chi connectivity index (χ1n) is 3.91. The molecule has 1 nitrogen and oxygen atoms in total. The van der Waals surface area contributed by atoms with Gasteiger partial charge in [0.15, 0.2) is 0 Å². The van der Waals surface area contributed by atoms with Gasteiger partial charge >= 0.3 is 0 Å². The monoisotopic (exact) mass is 143 g/mol. The summed E-state index contributed by atoms with van der Waals surface area (Å²) in [5.74, 6) is 0. The highest BCUT2D eigenvalue weighted by molar-refractivity contribution is 6.51. The van der Waals surface area contributed by atoms with Gasteiger partial charge in [0.25, 0.3) is 0 Å².